The van der Waals surface area contributed by atoms with E-state index in [0.29, 0.717) is 12.2 Å². The number of aromatic amines is 1. The summed E-state index contributed by atoms with van der Waals surface area (Å²) in [6.45, 7) is 6.10. The van der Waals surface area contributed by atoms with Crippen molar-refractivity contribution in [2.24, 2.45) is 5.92 Å². The lowest BCUT2D eigenvalue weighted by Gasteiger charge is -2.27. The fourth-order valence-electron chi connectivity index (χ4n) is 3.93. The third kappa shape index (κ3) is 4.10. The van der Waals surface area contributed by atoms with Crippen molar-refractivity contribution >= 4 is 16.9 Å². The third-order valence-electron chi connectivity index (χ3n) is 5.76. The monoisotopic (exact) mass is 402 g/mol. The molecule has 1 aliphatic heterocycles. The van der Waals surface area contributed by atoms with Crippen LogP contribution >= 0.6 is 0 Å². The van der Waals surface area contributed by atoms with Crippen molar-refractivity contribution < 1.29 is 4.79 Å². The Labute approximate surface area is 175 Å². The van der Waals surface area contributed by atoms with Crippen LogP contribution in [0.2, 0.25) is 0 Å². The molecule has 1 aromatic carbocycles. The first-order valence-corrected chi connectivity index (χ1v) is 10.7. The molecule has 1 amide bonds. The van der Waals surface area contributed by atoms with Crippen LogP contribution in [0.5, 0.6) is 0 Å². The van der Waals surface area contributed by atoms with Crippen molar-refractivity contribution in [2.45, 2.75) is 45.3 Å². The van der Waals surface area contributed by atoms with Gasteiger partial charge in [-0.15, -0.1) is 0 Å². The number of nitrogens with zero attached hydrogens (tertiary/aromatic N) is 4. The fraction of sp³-hybridized carbons (Fsp3) is 0.435. The van der Waals surface area contributed by atoms with E-state index in [1.165, 1.54) is 19.4 Å². The molecule has 0 unspecified atom stereocenters. The number of hydrogen-bond acceptors (Lipinski definition) is 4. The van der Waals surface area contributed by atoms with Gasteiger partial charge in [-0.2, -0.15) is 0 Å². The van der Waals surface area contributed by atoms with Gasteiger partial charge in [-0.25, -0.2) is 9.97 Å². The highest BCUT2D eigenvalue weighted by molar-refractivity contribution is 5.94. The van der Waals surface area contributed by atoms with E-state index in [9.17, 15) is 4.79 Å². The highest BCUT2D eigenvalue weighted by Crippen LogP contribution is 2.30. The summed E-state index contributed by atoms with van der Waals surface area (Å²) in [4.78, 5) is 26.9. The van der Waals surface area contributed by atoms with E-state index >= 15 is 0 Å². The molecule has 1 fully saturated rings. The van der Waals surface area contributed by atoms with Gasteiger partial charge in [0.15, 0.2) is 5.82 Å². The van der Waals surface area contributed by atoms with Crippen LogP contribution in [0.25, 0.3) is 11.0 Å². The predicted octanol–water partition coefficient (Wildman–Crippen LogP) is 2.55. The second kappa shape index (κ2) is 7.96. The van der Waals surface area contributed by atoms with Crippen molar-refractivity contribution in [2.75, 3.05) is 13.1 Å². The molecule has 7 heteroatoms. The van der Waals surface area contributed by atoms with Gasteiger partial charge in [-0.3, -0.25) is 9.69 Å². The van der Waals surface area contributed by atoms with E-state index in [1.54, 1.807) is 0 Å². The van der Waals surface area contributed by atoms with Gasteiger partial charge >= 0.3 is 0 Å². The molecule has 154 valence electrons. The van der Waals surface area contributed by atoms with Crippen molar-refractivity contribution in [3.63, 3.8) is 0 Å². The molecule has 7 nitrogen and oxygen atoms in total. The number of fused-ring (bicyclic) bond motifs is 2. The number of hydrogen-bond donors (Lipinski definition) is 2. The Morgan fingerprint density at radius 2 is 2.20 bits per heavy atom. The standard InChI is InChI=1S/C23H26N6O/c1-16(25-23(30)22-26-19-7-2-3-8-20(19)27-22)5-4-6-18-13-24-21-15-28(11-12-29(18)21)14-17-9-10-17/h2-3,7-8,13,16-17H,5,9-12,14-15H2,1H3,(H,25,30)(H,26,27)/t16-/m0/s1. The fourth-order valence-corrected chi connectivity index (χ4v) is 3.93. The minimum atomic E-state index is -0.210. The van der Waals surface area contributed by atoms with Crippen molar-refractivity contribution in [3.05, 3.63) is 47.8 Å². The summed E-state index contributed by atoms with van der Waals surface area (Å²) < 4.78 is 2.23. The first-order chi connectivity index (χ1) is 14.7. The number of nitrogens with one attached hydrogen (secondary N) is 2. The molecule has 1 atom stereocenters. The van der Waals surface area contributed by atoms with Crippen molar-refractivity contribution in [3.8, 4) is 11.8 Å². The zero-order chi connectivity index (χ0) is 20.5. The van der Waals surface area contributed by atoms with Gasteiger partial charge in [0.05, 0.1) is 23.8 Å². The van der Waals surface area contributed by atoms with Gasteiger partial charge in [-0.1, -0.05) is 18.1 Å². The molecule has 2 aromatic heterocycles. The number of benzene rings is 1. The SMILES string of the molecule is C[C@@H](CC#Cc1cnc2n1CCN(CC1CC1)C2)NC(=O)c1nc2ccccc2[nH]1. The first kappa shape index (κ1) is 18.9. The topological polar surface area (TPSA) is 78.8 Å². The molecule has 2 aliphatic rings. The molecule has 5 rings (SSSR count). The lowest BCUT2D eigenvalue weighted by Crippen LogP contribution is -2.35. The molecule has 0 bridgehead atoms. The highest BCUT2D eigenvalue weighted by Gasteiger charge is 2.27. The van der Waals surface area contributed by atoms with Gasteiger partial charge in [-0.05, 0) is 43.7 Å². The second-order valence-corrected chi connectivity index (χ2v) is 8.37. The molecule has 0 saturated heterocycles. The van der Waals surface area contributed by atoms with Crippen LogP contribution in [0.1, 0.15) is 48.3 Å². The van der Waals surface area contributed by atoms with Crippen LogP contribution < -0.4 is 5.32 Å². The number of carbonyl (C=O) groups excluding carboxylic acids is 1. The average molecular weight is 403 g/mol. The molecule has 3 heterocycles. The minimum Gasteiger partial charge on any atom is -0.346 e. The van der Waals surface area contributed by atoms with Crippen LogP contribution in [0.3, 0.4) is 0 Å². The molecule has 2 N–H and O–H groups in total. The third-order valence-corrected chi connectivity index (χ3v) is 5.76. The molecule has 0 radical (unpaired) electrons. The van der Waals surface area contributed by atoms with Gasteiger partial charge in [0.25, 0.3) is 5.91 Å². The van der Waals surface area contributed by atoms with Gasteiger partial charge in [0, 0.05) is 32.1 Å². The Morgan fingerprint density at radius 1 is 1.33 bits per heavy atom. The van der Waals surface area contributed by atoms with Crippen molar-refractivity contribution in [1.29, 1.82) is 0 Å². The average Bonchev–Trinajstić information content (AvgIpc) is 3.30. The summed E-state index contributed by atoms with van der Waals surface area (Å²) in [6, 6.07) is 7.54. The number of H-pyrrole nitrogens is 1. The largest absolute Gasteiger partial charge is 0.346 e. The van der Waals surface area contributed by atoms with E-state index in [2.05, 4.69) is 41.6 Å². The summed E-state index contributed by atoms with van der Waals surface area (Å²) in [5.41, 5.74) is 2.61. The zero-order valence-electron chi connectivity index (χ0n) is 17.2. The van der Waals surface area contributed by atoms with Crippen LogP contribution in [-0.2, 0) is 13.1 Å². The Morgan fingerprint density at radius 3 is 3.03 bits per heavy atom. The highest BCUT2D eigenvalue weighted by atomic mass is 16.2. The molecule has 1 saturated carbocycles. The van der Waals surface area contributed by atoms with Crippen LogP contribution in [0, 0.1) is 17.8 Å². The quantitative estimate of drug-likeness (QED) is 0.643. The smallest absolute Gasteiger partial charge is 0.287 e. The lowest BCUT2D eigenvalue weighted by molar-refractivity contribution is 0.0931. The lowest BCUT2D eigenvalue weighted by atomic mass is 10.2. The summed E-state index contributed by atoms with van der Waals surface area (Å²) in [5.74, 6) is 8.58. The Bertz CT molecular complexity index is 1100. The number of carbonyl (C=O) groups is 1. The van der Waals surface area contributed by atoms with Crippen LogP contribution in [0.15, 0.2) is 30.5 Å². The second-order valence-electron chi connectivity index (χ2n) is 8.37. The van der Waals surface area contributed by atoms with E-state index in [0.717, 1.165) is 48.1 Å². The van der Waals surface area contributed by atoms with Crippen molar-refractivity contribution in [1.82, 2.24) is 29.7 Å². The molecule has 30 heavy (non-hydrogen) atoms. The molecule has 3 aromatic rings. The van der Waals surface area contributed by atoms with E-state index in [-0.39, 0.29) is 11.9 Å². The van der Waals surface area contributed by atoms with E-state index in [4.69, 9.17) is 0 Å². The predicted molar refractivity (Wildman–Crippen MR) is 115 cm³/mol. The summed E-state index contributed by atoms with van der Waals surface area (Å²) in [5, 5.41) is 2.97. The van der Waals surface area contributed by atoms with Crippen LogP contribution in [-0.4, -0.2) is 49.5 Å². The summed E-state index contributed by atoms with van der Waals surface area (Å²) >= 11 is 0. The van der Waals surface area contributed by atoms with Gasteiger partial charge < -0.3 is 14.9 Å². The Kier molecular flexibility index (Phi) is 5.01. The first-order valence-electron chi connectivity index (χ1n) is 10.7. The maximum absolute atomic E-state index is 12.4. The maximum atomic E-state index is 12.4. The Hall–Kier alpha value is -3.11. The number of rotatable bonds is 5. The number of para-hydroxylation sites is 2. The molecule has 0 spiro atoms. The molecule has 1 aliphatic carbocycles. The van der Waals surface area contributed by atoms with Crippen LogP contribution in [0.4, 0.5) is 0 Å². The number of aromatic nitrogens is 4. The van der Waals surface area contributed by atoms with E-state index < -0.39 is 0 Å². The maximum Gasteiger partial charge on any atom is 0.287 e. The Balaban J connectivity index is 1.17. The molecular formula is C23H26N6O. The van der Waals surface area contributed by atoms with Gasteiger partial charge in [0.2, 0.25) is 0 Å². The summed E-state index contributed by atoms with van der Waals surface area (Å²) in [6.07, 6.45) is 5.21. The number of imidazole rings is 2. The number of amides is 1. The van der Waals surface area contributed by atoms with E-state index in [1.807, 2.05) is 37.4 Å². The minimum absolute atomic E-state index is 0.0732. The zero-order valence-corrected chi connectivity index (χ0v) is 17.2. The molecular weight excluding hydrogens is 376 g/mol. The normalized spacial score (nSPS) is 17.2. The summed E-state index contributed by atoms with van der Waals surface area (Å²) in [7, 11) is 0. The van der Waals surface area contributed by atoms with Gasteiger partial charge in [0.1, 0.15) is 11.5 Å².